The molecular formula is C14H22N2. The molecule has 0 bridgehead atoms. The van der Waals surface area contributed by atoms with Crippen LogP contribution in [-0.4, -0.2) is 19.1 Å². The van der Waals surface area contributed by atoms with Gasteiger partial charge in [0.1, 0.15) is 0 Å². The molecule has 2 nitrogen and oxygen atoms in total. The number of nitrogens with one attached hydrogen (secondary N) is 1. The fourth-order valence-electron chi connectivity index (χ4n) is 2.27. The van der Waals surface area contributed by atoms with E-state index in [1.807, 2.05) is 0 Å². The van der Waals surface area contributed by atoms with Crippen LogP contribution in [0.25, 0.3) is 0 Å². The number of nitrogens with zero attached hydrogens (tertiary/aromatic N) is 1. The average Bonchev–Trinajstić information content (AvgIpc) is 2.65. The van der Waals surface area contributed by atoms with Crippen LogP contribution in [0.3, 0.4) is 0 Å². The Morgan fingerprint density at radius 1 is 1.25 bits per heavy atom. The van der Waals surface area contributed by atoms with Crippen LogP contribution in [0.2, 0.25) is 0 Å². The van der Waals surface area contributed by atoms with Crippen molar-refractivity contribution in [3.63, 3.8) is 0 Å². The lowest BCUT2D eigenvalue weighted by atomic mass is 10.2. The van der Waals surface area contributed by atoms with Crippen molar-refractivity contribution in [3.05, 3.63) is 24.3 Å². The summed E-state index contributed by atoms with van der Waals surface area (Å²) in [5, 5.41) is 3.41. The predicted octanol–water partition coefficient (Wildman–Crippen LogP) is 3.35. The lowest BCUT2D eigenvalue weighted by molar-refractivity contribution is 0.659. The number of hydrogen-bond donors (Lipinski definition) is 1. The minimum atomic E-state index is 0.498. The van der Waals surface area contributed by atoms with Gasteiger partial charge in [0.25, 0.3) is 0 Å². The molecule has 1 unspecified atom stereocenters. The summed E-state index contributed by atoms with van der Waals surface area (Å²) in [5.74, 6) is 0.841. The normalized spacial score (nSPS) is 20.5. The van der Waals surface area contributed by atoms with Gasteiger partial charge in [-0.15, -0.1) is 0 Å². The van der Waals surface area contributed by atoms with Gasteiger partial charge in [0.2, 0.25) is 0 Å². The highest BCUT2D eigenvalue weighted by Crippen LogP contribution is 2.24. The topological polar surface area (TPSA) is 15.3 Å². The molecule has 0 aliphatic carbocycles. The molecule has 1 atom stereocenters. The Balaban J connectivity index is 2.02. The SMILES string of the molecule is CC1CCN(c2ccc(NC(C)C)cc2)C1. The number of anilines is 2. The number of rotatable bonds is 3. The largest absolute Gasteiger partial charge is 0.383 e. The molecule has 88 valence electrons. The Morgan fingerprint density at radius 2 is 1.94 bits per heavy atom. The van der Waals surface area contributed by atoms with Crippen LogP contribution in [0, 0.1) is 5.92 Å². The van der Waals surface area contributed by atoms with Gasteiger partial charge in [-0.25, -0.2) is 0 Å². The molecule has 16 heavy (non-hydrogen) atoms. The fraction of sp³-hybridized carbons (Fsp3) is 0.571. The molecule has 0 amide bonds. The third-order valence-electron chi connectivity index (χ3n) is 3.11. The lowest BCUT2D eigenvalue weighted by Crippen LogP contribution is -2.18. The molecule has 0 radical (unpaired) electrons. The average molecular weight is 218 g/mol. The molecule has 0 aromatic heterocycles. The van der Waals surface area contributed by atoms with Crippen molar-refractivity contribution in [3.8, 4) is 0 Å². The number of hydrogen-bond acceptors (Lipinski definition) is 2. The maximum absolute atomic E-state index is 3.41. The Morgan fingerprint density at radius 3 is 2.44 bits per heavy atom. The molecule has 1 N–H and O–H groups in total. The van der Waals surface area contributed by atoms with E-state index in [9.17, 15) is 0 Å². The Hall–Kier alpha value is -1.18. The minimum absolute atomic E-state index is 0.498. The maximum Gasteiger partial charge on any atom is 0.0367 e. The van der Waals surface area contributed by atoms with E-state index in [1.165, 1.54) is 30.9 Å². The third kappa shape index (κ3) is 2.69. The summed E-state index contributed by atoms with van der Waals surface area (Å²) in [7, 11) is 0. The van der Waals surface area contributed by atoms with Crippen LogP contribution in [0.1, 0.15) is 27.2 Å². The highest BCUT2D eigenvalue weighted by atomic mass is 15.1. The summed E-state index contributed by atoms with van der Waals surface area (Å²) in [6, 6.07) is 9.31. The van der Waals surface area contributed by atoms with Gasteiger partial charge < -0.3 is 10.2 Å². The highest BCUT2D eigenvalue weighted by Gasteiger charge is 2.18. The van der Waals surface area contributed by atoms with Crippen LogP contribution < -0.4 is 10.2 Å². The van der Waals surface area contributed by atoms with E-state index in [2.05, 4.69) is 55.3 Å². The van der Waals surface area contributed by atoms with E-state index >= 15 is 0 Å². The van der Waals surface area contributed by atoms with Gasteiger partial charge in [-0.1, -0.05) is 6.92 Å². The summed E-state index contributed by atoms with van der Waals surface area (Å²) in [4.78, 5) is 2.48. The first-order valence-corrected chi connectivity index (χ1v) is 6.26. The van der Waals surface area contributed by atoms with E-state index in [0.717, 1.165) is 5.92 Å². The van der Waals surface area contributed by atoms with E-state index in [4.69, 9.17) is 0 Å². The van der Waals surface area contributed by atoms with Gasteiger partial charge in [-0.05, 0) is 50.5 Å². The van der Waals surface area contributed by atoms with Gasteiger partial charge in [-0.3, -0.25) is 0 Å². The molecular weight excluding hydrogens is 196 g/mol. The quantitative estimate of drug-likeness (QED) is 0.837. The van der Waals surface area contributed by atoms with Crippen molar-refractivity contribution >= 4 is 11.4 Å². The molecule has 0 spiro atoms. The Kier molecular flexibility index (Phi) is 3.37. The Bertz CT molecular complexity index is 329. The molecule has 1 heterocycles. The van der Waals surface area contributed by atoms with Crippen LogP contribution in [0.5, 0.6) is 0 Å². The van der Waals surface area contributed by atoms with Gasteiger partial charge >= 0.3 is 0 Å². The minimum Gasteiger partial charge on any atom is -0.383 e. The van der Waals surface area contributed by atoms with Crippen LogP contribution in [0.15, 0.2) is 24.3 Å². The van der Waals surface area contributed by atoms with Crippen molar-refractivity contribution in [2.45, 2.75) is 33.2 Å². The van der Waals surface area contributed by atoms with Gasteiger partial charge in [-0.2, -0.15) is 0 Å². The monoisotopic (exact) mass is 218 g/mol. The van der Waals surface area contributed by atoms with Crippen molar-refractivity contribution in [2.24, 2.45) is 5.92 Å². The molecule has 2 rings (SSSR count). The summed E-state index contributed by atoms with van der Waals surface area (Å²) in [5.41, 5.74) is 2.57. The van der Waals surface area contributed by atoms with Crippen molar-refractivity contribution in [1.29, 1.82) is 0 Å². The molecule has 1 aromatic carbocycles. The summed E-state index contributed by atoms with van der Waals surface area (Å²) in [6.07, 6.45) is 1.33. The number of benzene rings is 1. The van der Waals surface area contributed by atoms with E-state index in [1.54, 1.807) is 0 Å². The molecule has 1 aliphatic rings. The summed E-state index contributed by atoms with van der Waals surface area (Å²) >= 11 is 0. The zero-order chi connectivity index (χ0) is 11.5. The van der Waals surface area contributed by atoms with Crippen molar-refractivity contribution < 1.29 is 0 Å². The molecule has 0 saturated carbocycles. The fourth-order valence-corrected chi connectivity index (χ4v) is 2.27. The first kappa shape index (κ1) is 11.3. The van der Waals surface area contributed by atoms with Crippen molar-refractivity contribution in [2.75, 3.05) is 23.3 Å². The van der Waals surface area contributed by atoms with E-state index < -0.39 is 0 Å². The first-order valence-electron chi connectivity index (χ1n) is 6.26. The van der Waals surface area contributed by atoms with Crippen LogP contribution in [0.4, 0.5) is 11.4 Å². The second kappa shape index (κ2) is 4.77. The lowest BCUT2D eigenvalue weighted by Gasteiger charge is -2.19. The highest BCUT2D eigenvalue weighted by molar-refractivity contribution is 5.55. The first-order chi connectivity index (χ1) is 7.65. The molecule has 1 aromatic rings. The standard InChI is InChI=1S/C14H22N2/c1-11(2)15-13-4-6-14(7-5-13)16-9-8-12(3)10-16/h4-7,11-12,15H,8-10H2,1-3H3. The maximum atomic E-state index is 3.41. The molecule has 1 aliphatic heterocycles. The van der Waals surface area contributed by atoms with Gasteiger partial charge in [0, 0.05) is 30.5 Å². The van der Waals surface area contributed by atoms with Crippen LogP contribution >= 0.6 is 0 Å². The zero-order valence-corrected chi connectivity index (χ0v) is 10.5. The zero-order valence-electron chi connectivity index (χ0n) is 10.5. The van der Waals surface area contributed by atoms with Gasteiger partial charge in [0.15, 0.2) is 0 Å². The smallest absolute Gasteiger partial charge is 0.0367 e. The van der Waals surface area contributed by atoms with Crippen LogP contribution in [-0.2, 0) is 0 Å². The van der Waals surface area contributed by atoms with Gasteiger partial charge in [0.05, 0.1) is 0 Å². The van der Waals surface area contributed by atoms with E-state index in [0.29, 0.717) is 6.04 Å². The summed E-state index contributed by atoms with van der Waals surface area (Å²) < 4.78 is 0. The Labute approximate surface area is 98.7 Å². The predicted molar refractivity (Wildman–Crippen MR) is 71.2 cm³/mol. The second-order valence-electron chi connectivity index (χ2n) is 5.19. The third-order valence-corrected chi connectivity index (χ3v) is 3.11. The molecule has 2 heteroatoms. The van der Waals surface area contributed by atoms with E-state index in [-0.39, 0.29) is 0 Å². The van der Waals surface area contributed by atoms with Crippen molar-refractivity contribution in [1.82, 2.24) is 0 Å². The molecule has 1 fully saturated rings. The second-order valence-corrected chi connectivity index (χ2v) is 5.19. The molecule has 1 saturated heterocycles. The summed E-state index contributed by atoms with van der Waals surface area (Å²) in [6.45, 7) is 9.07.